The first-order valence-electron chi connectivity index (χ1n) is 9.87. The highest BCUT2D eigenvalue weighted by molar-refractivity contribution is 6.42. The quantitative estimate of drug-likeness (QED) is 0.375. The first kappa shape index (κ1) is 20.3. The number of hydrogen-bond donors (Lipinski definition) is 2. The molecule has 32 heavy (non-hydrogen) atoms. The minimum absolute atomic E-state index is 0.222. The highest BCUT2D eigenvalue weighted by Crippen LogP contribution is 2.33. The molecule has 3 aromatic carbocycles. The third-order valence-electron chi connectivity index (χ3n) is 5.18. The highest BCUT2D eigenvalue weighted by atomic mass is 35.5. The van der Waals surface area contributed by atoms with Crippen molar-refractivity contribution in [3.8, 4) is 5.69 Å². The average Bonchev–Trinajstić information content (AvgIpc) is 3.09. The molecule has 5 rings (SSSR count). The van der Waals surface area contributed by atoms with Gasteiger partial charge in [0.05, 0.1) is 26.8 Å². The fourth-order valence-corrected chi connectivity index (χ4v) is 3.93. The second-order valence-electron chi connectivity index (χ2n) is 7.25. The number of nitrogens with two attached hydrogens (primary N) is 1. The summed E-state index contributed by atoms with van der Waals surface area (Å²) in [4.78, 5) is 22.7. The number of carbonyl (C=O) groups is 1. The number of anilines is 1. The Bertz CT molecular complexity index is 1480. The van der Waals surface area contributed by atoms with Crippen LogP contribution in [0.15, 0.2) is 72.8 Å². The van der Waals surface area contributed by atoms with Crippen molar-refractivity contribution < 1.29 is 4.79 Å². The number of aromatic nitrogens is 3. The van der Waals surface area contributed by atoms with E-state index in [0.717, 1.165) is 5.56 Å². The van der Waals surface area contributed by atoms with Crippen LogP contribution in [0, 0.1) is 0 Å². The molecule has 0 unspecified atom stereocenters. The molecule has 0 spiro atoms. The van der Waals surface area contributed by atoms with Crippen molar-refractivity contribution >= 4 is 57.1 Å². The lowest BCUT2D eigenvalue weighted by molar-refractivity contribution is 0.0953. The van der Waals surface area contributed by atoms with E-state index in [1.54, 1.807) is 22.8 Å². The van der Waals surface area contributed by atoms with Crippen LogP contribution in [-0.4, -0.2) is 20.4 Å². The molecule has 0 aliphatic heterocycles. The van der Waals surface area contributed by atoms with Gasteiger partial charge in [-0.25, -0.2) is 9.97 Å². The summed E-state index contributed by atoms with van der Waals surface area (Å²) >= 11 is 12.3. The molecule has 2 heterocycles. The number of amides is 1. The van der Waals surface area contributed by atoms with Crippen molar-refractivity contribution in [3.63, 3.8) is 0 Å². The fraction of sp³-hybridized carbons (Fsp3) is 0.0417. The summed E-state index contributed by atoms with van der Waals surface area (Å²) in [6, 6.07) is 22.2. The maximum atomic E-state index is 13.2. The van der Waals surface area contributed by atoms with Crippen LogP contribution in [0.25, 0.3) is 27.9 Å². The zero-order valence-corrected chi connectivity index (χ0v) is 18.2. The maximum Gasteiger partial charge on any atom is 0.257 e. The number of nitrogens with zero attached hydrogens (tertiary/aromatic N) is 3. The lowest BCUT2D eigenvalue weighted by Crippen LogP contribution is -2.23. The van der Waals surface area contributed by atoms with Gasteiger partial charge in [0, 0.05) is 6.54 Å². The SMILES string of the molecule is Nc1c(C(=O)NCc2ccccc2)c2nc3ccccc3nc2n1-c1ccc(Cl)c(Cl)c1. The molecule has 158 valence electrons. The summed E-state index contributed by atoms with van der Waals surface area (Å²) in [6.07, 6.45) is 0. The number of halogens is 2. The van der Waals surface area contributed by atoms with E-state index in [9.17, 15) is 4.79 Å². The van der Waals surface area contributed by atoms with Crippen LogP contribution in [0.4, 0.5) is 5.82 Å². The molecule has 6 nitrogen and oxygen atoms in total. The van der Waals surface area contributed by atoms with Gasteiger partial charge in [0.25, 0.3) is 5.91 Å². The molecule has 5 aromatic rings. The van der Waals surface area contributed by atoms with Crippen molar-refractivity contribution in [2.24, 2.45) is 0 Å². The monoisotopic (exact) mass is 461 g/mol. The van der Waals surface area contributed by atoms with E-state index in [2.05, 4.69) is 5.32 Å². The van der Waals surface area contributed by atoms with Crippen LogP contribution < -0.4 is 11.1 Å². The molecule has 3 N–H and O–H groups in total. The van der Waals surface area contributed by atoms with Crippen LogP contribution in [-0.2, 0) is 6.54 Å². The zero-order chi connectivity index (χ0) is 22.2. The van der Waals surface area contributed by atoms with E-state index in [-0.39, 0.29) is 17.3 Å². The number of hydrogen-bond acceptors (Lipinski definition) is 4. The normalized spacial score (nSPS) is 11.2. The Morgan fingerprint density at radius 3 is 2.31 bits per heavy atom. The Kier molecular flexibility index (Phi) is 5.17. The van der Waals surface area contributed by atoms with E-state index >= 15 is 0 Å². The Morgan fingerprint density at radius 2 is 1.59 bits per heavy atom. The molecule has 0 saturated carbocycles. The van der Waals surface area contributed by atoms with Gasteiger partial charge >= 0.3 is 0 Å². The van der Waals surface area contributed by atoms with E-state index in [4.69, 9.17) is 38.9 Å². The van der Waals surface area contributed by atoms with E-state index < -0.39 is 0 Å². The lowest BCUT2D eigenvalue weighted by Gasteiger charge is -2.09. The van der Waals surface area contributed by atoms with E-state index in [1.165, 1.54) is 0 Å². The number of nitrogens with one attached hydrogen (secondary N) is 1. The average molecular weight is 462 g/mol. The summed E-state index contributed by atoms with van der Waals surface area (Å²) in [5.74, 6) is -0.112. The van der Waals surface area contributed by atoms with Gasteiger partial charge in [0.15, 0.2) is 5.65 Å². The van der Waals surface area contributed by atoms with Crippen LogP contribution in [0.2, 0.25) is 10.0 Å². The number of fused-ring (bicyclic) bond motifs is 2. The largest absolute Gasteiger partial charge is 0.384 e. The van der Waals surface area contributed by atoms with Crippen LogP contribution >= 0.6 is 23.2 Å². The summed E-state index contributed by atoms with van der Waals surface area (Å²) < 4.78 is 1.68. The third-order valence-corrected chi connectivity index (χ3v) is 5.92. The Labute approximate surface area is 193 Å². The van der Waals surface area contributed by atoms with Gasteiger partial charge in [-0.2, -0.15) is 0 Å². The first-order valence-corrected chi connectivity index (χ1v) is 10.6. The van der Waals surface area contributed by atoms with E-state index in [1.807, 2.05) is 54.6 Å². The molecular weight excluding hydrogens is 445 g/mol. The minimum atomic E-state index is -0.334. The number of nitrogen functional groups attached to an aromatic ring is 1. The van der Waals surface area contributed by atoms with Gasteiger partial charge in [-0.3, -0.25) is 9.36 Å². The number of carbonyl (C=O) groups excluding carboxylic acids is 1. The Balaban J connectivity index is 1.69. The second-order valence-corrected chi connectivity index (χ2v) is 8.06. The van der Waals surface area contributed by atoms with Gasteiger partial charge in [-0.05, 0) is 35.9 Å². The molecule has 0 aliphatic rings. The molecular formula is C24H17Cl2N5O. The second kappa shape index (κ2) is 8.15. The highest BCUT2D eigenvalue weighted by Gasteiger charge is 2.25. The molecule has 0 atom stereocenters. The molecule has 0 radical (unpaired) electrons. The molecule has 0 saturated heterocycles. The van der Waals surface area contributed by atoms with Gasteiger partial charge in [0.1, 0.15) is 16.9 Å². The fourth-order valence-electron chi connectivity index (χ4n) is 3.64. The maximum absolute atomic E-state index is 13.2. The molecule has 1 amide bonds. The molecule has 0 bridgehead atoms. The minimum Gasteiger partial charge on any atom is -0.384 e. The summed E-state index contributed by atoms with van der Waals surface area (Å²) in [5.41, 5.74) is 10.6. The Morgan fingerprint density at radius 1 is 0.906 bits per heavy atom. The first-order chi connectivity index (χ1) is 15.5. The summed E-state index contributed by atoms with van der Waals surface area (Å²) in [6.45, 7) is 0.361. The van der Waals surface area contributed by atoms with Crippen molar-refractivity contribution in [1.82, 2.24) is 19.9 Å². The van der Waals surface area contributed by atoms with Crippen molar-refractivity contribution in [2.45, 2.75) is 6.54 Å². The molecule has 8 heteroatoms. The predicted octanol–water partition coefficient (Wildman–Crippen LogP) is 5.39. The molecule has 0 aliphatic carbocycles. The molecule has 0 fully saturated rings. The summed E-state index contributed by atoms with van der Waals surface area (Å²) in [7, 11) is 0. The van der Waals surface area contributed by atoms with Gasteiger partial charge < -0.3 is 11.1 Å². The topological polar surface area (TPSA) is 85.8 Å². The van der Waals surface area contributed by atoms with E-state index in [0.29, 0.717) is 44.5 Å². The van der Waals surface area contributed by atoms with Gasteiger partial charge in [-0.15, -0.1) is 0 Å². The van der Waals surface area contributed by atoms with Crippen molar-refractivity contribution in [1.29, 1.82) is 0 Å². The number of rotatable bonds is 4. The predicted molar refractivity (Wildman–Crippen MR) is 128 cm³/mol. The smallest absolute Gasteiger partial charge is 0.257 e. The lowest BCUT2D eigenvalue weighted by atomic mass is 10.2. The molecule has 2 aromatic heterocycles. The van der Waals surface area contributed by atoms with Crippen LogP contribution in [0.3, 0.4) is 0 Å². The zero-order valence-electron chi connectivity index (χ0n) is 16.7. The van der Waals surface area contributed by atoms with Crippen LogP contribution in [0.1, 0.15) is 15.9 Å². The van der Waals surface area contributed by atoms with Gasteiger partial charge in [-0.1, -0.05) is 65.7 Å². The van der Waals surface area contributed by atoms with Crippen LogP contribution in [0.5, 0.6) is 0 Å². The third kappa shape index (κ3) is 3.53. The standard InChI is InChI=1S/C24H17Cl2N5O/c25-16-11-10-15(12-17(16)26)31-22(27)20(24(32)28-13-14-6-2-1-3-7-14)21-23(31)30-19-9-5-4-8-18(19)29-21/h1-12H,13,27H2,(H,28,32). The van der Waals surface area contributed by atoms with Gasteiger partial charge in [0.2, 0.25) is 0 Å². The number of para-hydroxylation sites is 2. The number of benzene rings is 3. The summed E-state index contributed by atoms with van der Waals surface area (Å²) in [5, 5.41) is 3.72. The van der Waals surface area contributed by atoms with Crippen molar-refractivity contribution in [3.05, 3.63) is 94.0 Å². The van der Waals surface area contributed by atoms with Crippen molar-refractivity contribution in [2.75, 3.05) is 5.73 Å². The Hall–Kier alpha value is -3.61.